The average molecular weight is 273 g/mol. The van der Waals surface area contributed by atoms with Crippen LogP contribution in [0.25, 0.3) is 0 Å². The lowest BCUT2D eigenvalue weighted by atomic mass is 10.2. The molecule has 0 saturated carbocycles. The van der Waals surface area contributed by atoms with Gasteiger partial charge < -0.3 is 15.4 Å². The predicted molar refractivity (Wildman–Crippen MR) is 72.2 cm³/mol. The minimum Gasteiger partial charge on any atom is -0.462 e. The van der Waals surface area contributed by atoms with E-state index in [1.54, 1.807) is 38.2 Å². The fraction of sp³-hybridized carbons (Fsp3) is 0.333. The van der Waals surface area contributed by atoms with Crippen LogP contribution in [-0.4, -0.2) is 32.1 Å². The first-order valence-electron chi connectivity index (χ1n) is 5.39. The van der Waals surface area contributed by atoms with Gasteiger partial charge in [0.15, 0.2) is 0 Å². The molecule has 6 heteroatoms. The van der Waals surface area contributed by atoms with Crippen molar-refractivity contribution in [3.05, 3.63) is 29.8 Å². The average Bonchev–Trinajstić information content (AvgIpc) is 2.30. The van der Waals surface area contributed by atoms with Gasteiger partial charge in [0, 0.05) is 5.69 Å². The van der Waals surface area contributed by atoms with Gasteiger partial charge in [-0.3, -0.25) is 4.79 Å². The SMILES string of the molecule is CCOC(=O)c1cccc(NC(=O)CNC)c1.Cl. The number of carbonyl (C=O) groups excluding carboxylic acids is 2. The van der Waals surface area contributed by atoms with E-state index >= 15 is 0 Å². The maximum absolute atomic E-state index is 11.5. The number of likely N-dealkylation sites (N-methyl/N-ethyl adjacent to an activating group) is 1. The van der Waals surface area contributed by atoms with Crippen LogP contribution in [0, 0.1) is 0 Å². The monoisotopic (exact) mass is 272 g/mol. The van der Waals surface area contributed by atoms with Crippen LogP contribution < -0.4 is 10.6 Å². The Balaban J connectivity index is 0.00000289. The summed E-state index contributed by atoms with van der Waals surface area (Å²) in [6, 6.07) is 6.65. The van der Waals surface area contributed by atoms with Gasteiger partial charge in [0.1, 0.15) is 0 Å². The van der Waals surface area contributed by atoms with Crippen LogP contribution in [0.15, 0.2) is 24.3 Å². The van der Waals surface area contributed by atoms with Gasteiger partial charge in [-0.05, 0) is 32.2 Å². The van der Waals surface area contributed by atoms with Gasteiger partial charge >= 0.3 is 5.97 Å². The van der Waals surface area contributed by atoms with Gasteiger partial charge in [0.05, 0.1) is 18.7 Å². The molecule has 0 aliphatic heterocycles. The van der Waals surface area contributed by atoms with E-state index < -0.39 is 5.97 Å². The fourth-order valence-corrected chi connectivity index (χ4v) is 1.30. The van der Waals surface area contributed by atoms with Gasteiger partial charge in [-0.25, -0.2) is 4.79 Å². The molecule has 1 rings (SSSR count). The number of halogens is 1. The van der Waals surface area contributed by atoms with E-state index in [2.05, 4.69) is 10.6 Å². The molecular formula is C12H17ClN2O3. The van der Waals surface area contributed by atoms with Gasteiger partial charge in [0.25, 0.3) is 0 Å². The third-order valence-electron chi connectivity index (χ3n) is 1.99. The highest BCUT2D eigenvalue weighted by atomic mass is 35.5. The van der Waals surface area contributed by atoms with E-state index in [0.717, 1.165) is 0 Å². The molecule has 0 saturated heterocycles. The van der Waals surface area contributed by atoms with Crippen molar-refractivity contribution >= 4 is 30.0 Å². The molecular weight excluding hydrogens is 256 g/mol. The lowest BCUT2D eigenvalue weighted by Gasteiger charge is -2.06. The maximum Gasteiger partial charge on any atom is 0.338 e. The molecule has 0 unspecified atom stereocenters. The minimum absolute atomic E-state index is 0. The summed E-state index contributed by atoms with van der Waals surface area (Å²) in [4.78, 5) is 22.8. The van der Waals surface area contributed by atoms with E-state index in [9.17, 15) is 9.59 Å². The quantitative estimate of drug-likeness (QED) is 0.796. The molecule has 0 spiro atoms. The van der Waals surface area contributed by atoms with Crippen LogP contribution in [0.3, 0.4) is 0 Å². The molecule has 0 aliphatic carbocycles. The summed E-state index contributed by atoms with van der Waals surface area (Å²) >= 11 is 0. The second-order valence-electron chi connectivity index (χ2n) is 3.38. The van der Waals surface area contributed by atoms with Crippen molar-refractivity contribution in [3.8, 4) is 0 Å². The number of amides is 1. The fourth-order valence-electron chi connectivity index (χ4n) is 1.30. The summed E-state index contributed by atoms with van der Waals surface area (Å²) in [5.74, 6) is -0.550. The van der Waals surface area contributed by atoms with E-state index in [-0.39, 0.29) is 24.9 Å². The largest absolute Gasteiger partial charge is 0.462 e. The summed E-state index contributed by atoms with van der Waals surface area (Å²) in [7, 11) is 1.69. The van der Waals surface area contributed by atoms with Crippen molar-refractivity contribution < 1.29 is 14.3 Å². The number of hydrogen-bond donors (Lipinski definition) is 2. The van der Waals surface area contributed by atoms with Crippen molar-refractivity contribution in [2.75, 3.05) is 25.5 Å². The molecule has 2 N–H and O–H groups in total. The Kier molecular flexibility index (Phi) is 7.74. The molecule has 100 valence electrons. The lowest BCUT2D eigenvalue weighted by molar-refractivity contribution is -0.115. The minimum atomic E-state index is -0.391. The van der Waals surface area contributed by atoms with Gasteiger partial charge in [-0.2, -0.15) is 0 Å². The molecule has 5 nitrogen and oxygen atoms in total. The number of nitrogens with one attached hydrogen (secondary N) is 2. The van der Waals surface area contributed by atoms with Crippen molar-refractivity contribution in [2.45, 2.75) is 6.92 Å². The summed E-state index contributed by atoms with van der Waals surface area (Å²) < 4.78 is 4.87. The van der Waals surface area contributed by atoms with E-state index in [4.69, 9.17) is 4.74 Å². The van der Waals surface area contributed by atoms with Crippen molar-refractivity contribution in [2.24, 2.45) is 0 Å². The molecule has 0 aliphatic rings. The first kappa shape index (κ1) is 16.4. The molecule has 0 atom stereocenters. The number of benzene rings is 1. The Morgan fingerprint density at radius 1 is 1.33 bits per heavy atom. The molecule has 0 aromatic heterocycles. The van der Waals surface area contributed by atoms with Crippen molar-refractivity contribution in [1.29, 1.82) is 0 Å². The molecule has 0 bridgehead atoms. The first-order chi connectivity index (χ1) is 8.17. The van der Waals surface area contributed by atoms with E-state index in [1.807, 2.05) is 0 Å². The summed E-state index contributed by atoms with van der Waals surface area (Å²) in [5, 5.41) is 5.41. The molecule has 0 fully saturated rings. The van der Waals surface area contributed by atoms with Crippen molar-refractivity contribution in [1.82, 2.24) is 5.32 Å². The Morgan fingerprint density at radius 2 is 2.06 bits per heavy atom. The van der Waals surface area contributed by atoms with E-state index in [0.29, 0.717) is 17.9 Å². The predicted octanol–water partition coefficient (Wildman–Crippen LogP) is 1.44. The second-order valence-corrected chi connectivity index (χ2v) is 3.38. The summed E-state index contributed by atoms with van der Waals surface area (Å²) in [5.41, 5.74) is 1.00. The third-order valence-corrected chi connectivity index (χ3v) is 1.99. The zero-order chi connectivity index (χ0) is 12.7. The number of ether oxygens (including phenoxy) is 1. The first-order valence-corrected chi connectivity index (χ1v) is 5.39. The highest BCUT2D eigenvalue weighted by Gasteiger charge is 2.07. The molecule has 1 amide bonds. The lowest BCUT2D eigenvalue weighted by Crippen LogP contribution is -2.25. The van der Waals surface area contributed by atoms with Crippen LogP contribution in [0.1, 0.15) is 17.3 Å². The Morgan fingerprint density at radius 3 is 2.67 bits per heavy atom. The highest BCUT2D eigenvalue weighted by molar-refractivity contribution is 5.95. The number of rotatable bonds is 5. The van der Waals surface area contributed by atoms with Gasteiger partial charge in [-0.1, -0.05) is 6.07 Å². The number of esters is 1. The standard InChI is InChI=1S/C12H16N2O3.ClH/c1-3-17-12(16)9-5-4-6-10(7-9)14-11(15)8-13-2;/h4-7,13H,3,8H2,1-2H3,(H,14,15);1H. The number of hydrogen-bond acceptors (Lipinski definition) is 4. The van der Waals surface area contributed by atoms with Crippen molar-refractivity contribution in [3.63, 3.8) is 0 Å². The third kappa shape index (κ3) is 5.16. The van der Waals surface area contributed by atoms with Crippen LogP contribution >= 0.6 is 12.4 Å². The second kappa shape index (κ2) is 8.49. The highest BCUT2D eigenvalue weighted by Crippen LogP contribution is 2.11. The molecule has 1 aromatic rings. The zero-order valence-corrected chi connectivity index (χ0v) is 11.2. The van der Waals surface area contributed by atoms with Crippen LogP contribution in [0.5, 0.6) is 0 Å². The topological polar surface area (TPSA) is 67.4 Å². The van der Waals surface area contributed by atoms with E-state index in [1.165, 1.54) is 0 Å². The summed E-state index contributed by atoms with van der Waals surface area (Å²) in [6.07, 6.45) is 0. The van der Waals surface area contributed by atoms with Gasteiger partial charge in [0.2, 0.25) is 5.91 Å². The normalized spacial score (nSPS) is 9.22. The zero-order valence-electron chi connectivity index (χ0n) is 10.4. The molecule has 0 heterocycles. The number of anilines is 1. The number of carbonyl (C=O) groups is 2. The van der Waals surface area contributed by atoms with Crippen LogP contribution in [-0.2, 0) is 9.53 Å². The Bertz CT molecular complexity index is 410. The maximum atomic E-state index is 11.5. The summed E-state index contributed by atoms with van der Waals surface area (Å²) in [6.45, 7) is 2.30. The molecule has 1 aromatic carbocycles. The van der Waals surface area contributed by atoms with Gasteiger partial charge in [-0.15, -0.1) is 12.4 Å². The smallest absolute Gasteiger partial charge is 0.338 e. The Labute approximate surface area is 112 Å². The van der Waals surface area contributed by atoms with Crippen LogP contribution in [0.4, 0.5) is 5.69 Å². The molecule has 18 heavy (non-hydrogen) atoms. The molecule has 0 radical (unpaired) electrons. The van der Waals surface area contributed by atoms with Crippen LogP contribution in [0.2, 0.25) is 0 Å². The Hall–Kier alpha value is -1.59.